The highest BCUT2D eigenvalue weighted by Gasteiger charge is 2.15. The number of anilines is 1. The summed E-state index contributed by atoms with van der Waals surface area (Å²) in [5.74, 6) is -1.66. The topological polar surface area (TPSA) is 50.4 Å². The van der Waals surface area contributed by atoms with E-state index in [0.717, 1.165) is 17.7 Å². The molecule has 7 heteroatoms. The fourth-order valence-corrected chi connectivity index (χ4v) is 2.46. The van der Waals surface area contributed by atoms with Gasteiger partial charge in [0.25, 0.3) is 0 Å². The Kier molecular flexibility index (Phi) is 5.24. The number of hydrogen-bond acceptors (Lipinski definition) is 3. The van der Waals surface area contributed by atoms with Crippen molar-refractivity contribution in [1.82, 2.24) is 5.32 Å². The van der Waals surface area contributed by atoms with Crippen molar-refractivity contribution < 1.29 is 18.3 Å². The van der Waals surface area contributed by atoms with Crippen LogP contribution in [0.15, 0.2) is 35.0 Å². The molecule has 112 valence electrons. The van der Waals surface area contributed by atoms with E-state index in [-0.39, 0.29) is 12.6 Å². The van der Waals surface area contributed by atoms with Gasteiger partial charge in [-0.05, 0) is 34.5 Å². The number of methoxy groups -OCH3 is 1. The van der Waals surface area contributed by atoms with Crippen LogP contribution in [0.1, 0.15) is 11.7 Å². The maximum absolute atomic E-state index is 13.4. The fourth-order valence-electron chi connectivity index (χ4n) is 1.76. The lowest BCUT2D eigenvalue weighted by Gasteiger charge is -2.15. The molecule has 1 aromatic carbocycles. The zero-order valence-corrected chi connectivity index (χ0v) is 12.0. The van der Waals surface area contributed by atoms with E-state index in [1.807, 2.05) is 16.8 Å². The Balaban J connectivity index is 1.93. The summed E-state index contributed by atoms with van der Waals surface area (Å²) in [6.45, 7) is 0.190. The molecule has 0 aliphatic rings. The second-order valence-corrected chi connectivity index (χ2v) is 4.99. The van der Waals surface area contributed by atoms with Crippen LogP contribution in [-0.2, 0) is 4.74 Å². The molecule has 2 aromatic rings. The minimum absolute atomic E-state index is 0.190. The Morgan fingerprint density at radius 3 is 2.62 bits per heavy atom. The van der Waals surface area contributed by atoms with Crippen LogP contribution in [0.5, 0.6) is 0 Å². The molecule has 1 unspecified atom stereocenters. The number of halogens is 2. The maximum Gasteiger partial charge on any atom is 0.319 e. The molecule has 0 radical (unpaired) electrons. The van der Waals surface area contributed by atoms with Crippen LogP contribution in [0.3, 0.4) is 0 Å². The molecule has 0 aliphatic heterocycles. The van der Waals surface area contributed by atoms with Gasteiger partial charge in [0.15, 0.2) is 0 Å². The number of hydrogen-bond donors (Lipinski definition) is 2. The Morgan fingerprint density at radius 2 is 2.05 bits per heavy atom. The zero-order chi connectivity index (χ0) is 15.2. The van der Waals surface area contributed by atoms with Gasteiger partial charge in [-0.15, -0.1) is 0 Å². The lowest BCUT2D eigenvalue weighted by atomic mass is 10.2. The summed E-state index contributed by atoms with van der Waals surface area (Å²) in [6, 6.07) is 4.56. The molecule has 2 rings (SSSR count). The average Bonchev–Trinajstić information content (AvgIpc) is 2.98. The van der Waals surface area contributed by atoms with Gasteiger partial charge in [0.1, 0.15) is 23.4 Å². The number of thiophene rings is 1. The minimum atomic E-state index is -0.828. The average molecular weight is 312 g/mol. The molecule has 0 bridgehead atoms. The van der Waals surface area contributed by atoms with E-state index in [4.69, 9.17) is 4.74 Å². The summed E-state index contributed by atoms with van der Waals surface area (Å²) in [6.07, 6.45) is -0.313. The van der Waals surface area contributed by atoms with Gasteiger partial charge < -0.3 is 15.4 Å². The number of ether oxygens (including phenoxy) is 1. The van der Waals surface area contributed by atoms with E-state index in [1.165, 1.54) is 24.5 Å². The van der Waals surface area contributed by atoms with Crippen molar-refractivity contribution in [2.75, 3.05) is 19.0 Å². The number of carbonyl (C=O) groups excluding carboxylic acids is 1. The van der Waals surface area contributed by atoms with Gasteiger partial charge in [0.2, 0.25) is 0 Å². The van der Waals surface area contributed by atoms with Crippen molar-refractivity contribution in [2.45, 2.75) is 6.10 Å². The summed E-state index contributed by atoms with van der Waals surface area (Å²) in [5, 5.41) is 8.48. The first kappa shape index (κ1) is 15.4. The largest absolute Gasteiger partial charge is 0.375 e. The lowest BCUT2D eigenvalue weighted by molar-refractivity contribution is 0.105. The monoisotopic (exact) mass is 312 g/mol. The third kappa shape index (κ3) is 3.99. The Labute approximate surface area is 124 Å². The molecule has 1 aromatic heterocycles. The molecule has 1 heterocycles. The Bertz CT molecular complexity index is 585. The van der Waals surface area contributed by atoms with Crippen molar-refractivity contribution in [3.8, 4) is 0 Å². The third-order valence-corrected chi connectivity index (χ3v) is 3.55. The molecule has 4 nitrogen and oxygen atoms in total. The molecule has 0 fully saturated rings. The Morgan fingerprint density at radius 1 is 1.33 bits per heavy atom. The van der Waals surface area contributed by atoms with E-state index in [0.29, 0.717) is 0 Å². The third-order valence-electron chi connectivity index (χ3n) is 2.85. The van der Waals surface area contributed by atoms with Crippen molar-refractivity contribution in [3.05, 3.63) is 52.2 Å². The van der Waals surface area contributed by atoms with Crippen LogP contribution in [0.2, 0.25) is 0 Å². The quantitative estimate of drug-likeness (QED) is 0.887. The molecule has 0 saturated carbocycles. The van der Waals surface area contributed by atoms with E-state index in [1.54, 1.807) is 0 Å². The van der Waals surface area contributed by atoms with E-state index >= 15 is 0 Å². The maximum atomic E-state index is 13.4. The summed E-state index contributed by atoms with van der Waals surface area (Å²) in [7, 11) is 1.53. The van der Waals surface area contributed by atoms with E-state index in [2.05, 4.69) is 10.6 Å². The standard InChI is InChI=1S/C14H14F2N2O2S/c1-20-12(9-5-6-21-8-9)7-17-14(19)18-13-10(15)3-2-4-11(13)16/h2-6,8,12H,7H2,1H3,(H2,17,18,19). The SMILES string of the molecule is COC(CNC(=O)Nc1c(F)cccc1F)c1ccsc1. The van der Waals surface area contributed by atoms with Crippen LogP contribution in [0.4, 0.5) is 19.3 Å². The molecular formula is C14H14F2N2O2S. The summed E-state index contributed by atoms with van der Waals surface area (Å²) >= 11 is 1.52. The number of para-hydroxylation sites is 1. The molecule has 21 heavy (non-hydrogen) atoms. The van der Waals surface area contributed by atoms with Crippen molar-refractivity contribution >= 4 is 23.1 Å². The minimum Gasteiger partial charge on any atom is -0.375 e. The zero-order valence-electron chi connectivity index (χ0n) is 11.2. The van der Waals surface area contributed by atoms with Crippen molar-refractivity contribution in [2.24, 2.45) is 0 Å². The molecule has 2 amide bonds. The first-order valence-corrected chi connectivity index (χ1v) is 7.10. The van der Waals surface area contributed by atoms with Gasteiger partial charge in [-0.2, -0.15) is 11.3 Å². The van der Waals surface area contributed by atoms with Gasteiger partial charge >= 0.3 is 6.03 Å². The number of urea groups is 1. The van der Waals surface area contributed by atoms with Crippen LogP contribution >= 0.6 is 11.3 Å². The Hall–Kier alpha value is -1.99. The number of benzene rings is 1. The highest BCUT2D eigenvalue weighted by molar-refractivity contribution is 7.07. The first-order chi connectivity index (χ1) is 10.1. The lowest BCUT2D eigenvalue weighted by Crippen LogP contribution is -2.33. The first-order valence-electron chi connectivity index (χ1n) is 6.15. The molecular weight excluding hydrogens is 298 g/mol. The normalized spacial score (nSPS) is 12.0. The number of nitrogens with one attached hydrogen (secondary N) is 2. The smallest absolute Gasteiger partial charge is 0.319 e. The molecule has 0 spiro atoms. The highest BCUT2D eigenvalue weighted by atomic mass is 32.1. The van der Waals surface area contributed by atoms with Crippen LogP contribution < -0.4 is 10.6 Å². The van der Waals surface area contributed by atoms with Gasteiger partial charge in [0, 0.05) is 13.7 Å². The number of carbonyl (C=O) groups is 1. The van der Waals surface area contributed by atoms with E-state index < -0.39 is 23.4 Å². The summed E-state index contributed by atoms with van der Waals surface area (Å²) in [4.78, 5) is 11.7. The predicted octanol–water partition coefficient (Wildman–Crippen LogP) is 3.54. The van der Waals surface area contributed by atoms with Crippen LogP contribution in [-0.4, -0.2) is 19.7 Å². The second-order valence-electron chi connectivity index (χ2n) is 4.21. The molecule has 1 atom stereocenters. The van der Waals surface area contributed by atoms with Crippen molar-refractivity contribution in [3.63, 3.8) is 0 Å². The van der Waals surface area contributed by atoms with Gasteiger partial charge in [-0.25, -0.2) is 13.6 Å². The number of rotatable bonds is 5. The van der Waals surface area contributed by atoms with Crippen molar-refractivity contribution in [1.29, 1.82) is 0 Å². The van der Waals surface area contributed by atoms with Crippen LogP contribution in [0, 0.1) is 11.6 Å². The number of amides is 2. The van der Waals surface area contributed by atoms with Gasteiger partial charge in [0.05, 0.1) is 0 Å². The fraction of sp³-hybridized carbons (Fsp3) is 0.214. The van der Waals surface area contributed by atoms with Gasteiger partial charge in [-0.3, -0.25) is 0 Å². The molecule has 0 aliphatic carbocycles. The second kappa shape index (κ2) is 7.14. The summed E-state index contributed by atoms with van der Waals surface area (Å²) in [5.41, 5.74) is 0.458. The highest BCUT2D eigenvalue weighted by Crippen LogP contribution is 2.19. The molecule has 0 saturated heterocycles. The molecule has 2 N–H and O–H groups in total. The van der Waals surface area contributed by atoms with E-state index in [9.17, 15) is 13.6 Å². The predicted molar refractivity (Wildman–Crippen MR) is 77.4 cm³/mol. The van der Waals surface area contributed by atoms with Gasteiger partial charge in [-0.1, -0.05) is 6.07 Å². The summed E-state index contributed by atoms with van der Waals surface area (Å²) < 4.78 is 32.0. The van der Waals surface area contributed by atoms with Crippen LogP contribution in [0.25, 0.3) is 0 Å².